The lowest BCUT2D eigenvalue weighted by Crippen LogP contribution is -2.70. The molecule has 2 amide bonds. The molecule has 1 N–H and O–H groups in total. The standard InChI is InChI=1S/C28H24N2O5S2/c31-22(16-34-20-14-8-3-9-15-20)29-23-26(32)30-24(21(36)17-37-27(23)30)28(33)35-25(18-10-4-1-5-11-18)19-12-6-2-7-13-19/h1-15,23,25,27,36H,16-17H2,(H,29,31)/t23-,27+/m1/s1. The number of ether oxygens (including phenoxy) is 2. The Bertz CT molecular complexity index is 1280. The van der Waals surface area contributed by atoms with E-state index in [1.165, 1.54) is 16.7 Å². The quantitative estimate of drug-likeness (QED) is 0.260. The first-order chi connectivity index (χ1) is 18.0. The lowest BCUT2D eigenvalue weighted by molar-refractivity contribution is -0.154. The molecule has 1 saturated heterocycles. The van der Waals surface area contributed by atoms with Crippen LogP contribution in [0, 0.1) is 0 Å². The van der Waals surface area contributed by atoms with Gasteiger partial charge in [0, 0.05) is 10.7 Å². The van der Waals surface area contributed by atoms with E-state index in [2.05, 4.69) is 17.9 Å². The van der Waals surface area contributed by atoms with Crippen LogP contribution in [0.3, 0.4) is 0 Å². The number of nitrogens with zero attached hydrogens (tertiary/aromatic N) is 1. The van der Waals surface area contributed by atoms with Crippen LogP contribution in [0.25, 0.3) is 0 Å². The average Bonchev–Trinajstić information content (AvgIpc) is 2.94. The third-order valence-electron chi connectivity index (χ3n) is 6.00. The maximum absolute atomic E-state index is 13.4. The van der Waals surface area contributed by atoms with Crippen molar-refractivity contribution in [1.82, 2.24) is 10.2 Å². The summed E-state index contributed by atoms with van der Waals surface area (Å²) < 4.78 is 11.5. The Morgan fingerprint density at radius 1 is 0.946 bits per heavy atom. The maximum Gasteiger partial charge on any atom is 0.356 e. The topological polar surface area (TPSA) is 84.9 Å². The second kappa shape index (κ2) is 11.1. The Labute approximate surface area is 224 Å². The van der Waals surface area contributed by atoms with E-state index in [1.54, 1.807) is 24.3 Å². The van der Waals surface area contributed by atoms with Crippen LogP contribution in [0.15, 0.2) is 102 Å². The molecule has 37 heavy (non-hydrogen) atoms. The molecule has 0 radical (unpaired) electrons. The highest BCUT2D eigenvalue weighted by Gasteiger charge is 2.54. The van der Waals surface area contributed by atoms with Gasteiger partial charge in [-0.25, -0.2) is 4.79 Å². The first-order valence-corrected chi connectivity index (χ1v) is 13.2. The number of para-hydroxylation sites is 1. The van der Waals surface area contributed by atoms with Gasteiger partial charge in [-0.3, -0.25) is 14.5 Å². The molecule has 2 aliphatic heterocycles. The molecule has 0 aliphatic carbocycles. The van der Waals surface area contributed by atoms with Crippen LogP contribution in [0.2, 0.25) is 0 Å². The van der Waals surface area contributed by atoms with Crippen molar-refractivity contribution < 1.29 is 23.9 Å². The molecule has 2 atom stereocenters. The van der Waals surface area contributed by atoms with Gasteiger partial charge in [-0.15, -0.1) is 24.4 Å². The third-order valence-corrected chi connectivity index (χ3v) is 7.86. The van der Waals surface area contributed by atoms with Crippen LogP contribution >= 0.6 is 24.4 Å². The molecule has 5 rings (SSSR count). The highest BCUT2D eigenvalue weighted by atomic mass is 32.2. The first-order valence-electron chi connectivity index (χ1n) is 11.7. The van der Waals surface area contributed by atoms with E-state index in [-0.39, 0.29) is 18.2 Å². The highest BCUT2D eigenvalue weighted by molar-refractivity contribution is 8.01. The number of esters is 1. The normalized spacial score (nSPS) is 18.6. The van der Waals surface area contributed by atoms with Crippen LogP contribution in [0.1, 0.15) is 17.2 Å². The summed E-state index contributed by atoms with van der Waals surface area (Å²) in [4.78, 5) is 40.8. The summed E-state index contributed by atoms with van der Waals surface area (Å²) in [6.07, 6.45) is -0.654. The van der Waals surface area contributed by atoms with Crippen molar-refractivity contribution in [3.8, 4) is 5.75 Å². The Kier molecular flexibility index (Phi) is 7.52. The van der Waals surface area contributed by atoms with Gasteiger partial charge >= 0.3 is 5.97 Å². The molecule has 3 aromatic rings. The lowest BCUT2D eigenvalue weighted by Gasteiger charge is -2.49. The molecule has 2 aliphatic rings. The van der Waals surface area contributed by atoms with Gasteiger partial charge in [0.15, 0.2) is 12.7 Å². The molecule has 0 spiro atoms. The summed E-state index contributed by atoms with van der Waals surface area (Å²) in [5, 5.41) is 2.29. The summed E-state index contributed by atoms with van der Waals surface area (Å²) in [5.41, 5.74) is 1.73. The number of benzene rings is 3. The average molecular weight is 533 g/mol. The minimum absolute atomic E-state index is 0.111. The summed E-state index contributed by atoms with van der Waals surface area (Å²) in [5.74, 6) is -0.472. The van der Waals surface area contributed by atoms with Crippen molar-refractivity contribution in [2.24, 2.45) is 0 Å². The van der Waals surface area contributed by atoms with Gasteiger partial charge in [0.2, 0.25) is 0 Å². The number of thiol groups is 1. The SMILES string of the molecule is O=C(COc1ccccc1)N[C@@H]1C(=O)N2C(C(=O)OC(c3ccccc3)c3ccccc3)=C(S)CS[C@@H]12. The number of β-lactam (4-membered cyclic amide) rings is 1. The predicted octanol–water partition coefficient (Wildman–Crippen LogP) is 3.94. The van der Waals surface area contributed by atoms with Crippen molar-refractivity contribution in [2.45, 2.75) is 17.5 Å². The molecule has 188 valence electrons. The number of hydrogen-bond donors (Lipinski definition) is 2. The smallest absolute Gasteiger partial charge is 0.356 e. The number of amides is 2. The Morgan fingerprint density at radius 3 is 2.11 bits per heavy atom. The Balaban J connectivity index is 1.28. The molecule has 0 saturated carbocycles. The number of hydrogen-bond acceptors (Lipinski definition) is 7. The molecule has 2 heterocycles. The summed E-state index contributed by atoms with van der Waals surface area (Å²) in [7, 11) is 0. The molecule has 0 aromatic heterocycles. The van der Waals surface area contributed by atoms with Crippen LogP contribution in [0.5, 0.6) is 5.75 Å². The van der Waals surface area contributed by atoms with Gasteiger partial charge in [-0.1, -0.05) is 78.9 Å². The molecular formula is C28H24N2O5S2. The maximum atomic E-state index is 13.4. The van der Waals surface area contributed by atoms with Crippen molar-refractivity contribution in [3.05, 3.63) is 113 Å². The molecule has 3 aromatic carbocycles. The zero-order chi connectivity index (χ0) is 25.8. The number of fused-ring (bicyclic) bond motifs is 1. The van der Waals surface area contributed by atoms with E-state index in [0.717, 1.165) is 11.1 Å². The molecule has 0 bridgehead atoms. The molecule has 1 fully saturated rings. The largest absolute Gasteiger partial charge is 0.484 e. The van der Waals surface area contributed by atoms with E-state index in [4.69, 9.17) is 9.47 Å². The van der Waals surface area contributed by atoms with E-state index < -0.39 is 29.4 Å². The van der Waals surface area contributed by atoms with Gasteiger partial charge < -0.3 is 14.8 Å². The van der Waals surface area contributed by atoms with Gasteiger partial charge in [0.05, 0.1) is 0 Å². The molecule has 7 nitrogen and oxygen atoms in total. The van der Waals surface area contributed by atoms with Gasteiger partial charge in [0.1, 0.15) is 22.9 Å². The number of thioether (sulfide) groups is 1. The minimum Gasteiger partial charge on any atom is -0.484 e. The highest BCUT2D eigenvalue weighted by Crippen LogP contribution is 2.42. The van der Waals surface area contributed by atoms with Crippen molar-refractivity contribution >= 4 is 42.2 Å². The van der Waals surface area contributed by atoms with E-state index in [9.17, 15) is 14.4 Å². The molecule has 0 unspecified atom stereocenters. The monoisotopic (exact) mass is 532 g/mol. The van der Waals surface area contributed by atoms with Crippen LogP contribution in [0.4, 0.5) is 0 Å². The molecular weight excluding hydrogens is 508 g/mol. The fourth-order valence-corrected chi connectivity index (χ4v) is 5.84. The number of rotatable bonds is 8. The Morgan fingerprint density at radius 2 is 1.51 bits per heavy atom. The second-order valence-electron chi connectivity index (χ2n) is 8.46. The van der Waals surface area contributed by atoms with Gasteiger partial charge in [-0.05, 0) is 23.3 Å². The first kappa shape index (κ1) is 25.0. The van der Waals surface area contributed by atoms with E-state index in [0.29, 0.717) is 16.4 Å². The third kappa shape index (κ3) is 5.38. The van der Waals surface area contributed by atoms with Gasteiger partial charge in [0.25, 0.3) is 11.8 Å². The van der Waals surface area contributed by atoms with Gasteiger partial charge in [-0.2, -0.15) is 0 Å². The fraction of sp³-hybridized carbons (Fsp3) is 0.179. The summed E-state index contributed by atoms with van der Waals surface area (Å²) in [6.45, 7) is -0.219. The zero-order valence-electron chi connectivity index (χ0n) is 19.7. The van der Waals surface area contributed by atoms with E-state index in [1.807, 2.05) is 66.7 Å². The summed E-state index contributed by atoms with van der Waals surface area (Å²) in [6, 6.07) is 27.0. The number of carbonyl (C=O) groups excluding carboxylic acids is 3. The zero-order valence-corrected chi connectivity index (χ0v) is 21.4. The fourth-order valence-electron chi connectivity index (χ4n) is 4.22. The van der Waals surface area contributed by atoms with Crippen LogP contribution in [-0.4, -0.2) is 46.5 Å². The van der Waals surface area contributed by atoms with E-state index >= 15 is 0 Å². The van der Waals surface area contributed by atoms with Crippen molar-refractivity contribution in [3.63, 3.8) is 0 Å². The van der Waals surface area contributed by atoms with Crippen molar-refractivity contribution in [2.75, 3.05) is 12.4 Å². The number of nitrogens with one attached hydrogen (secondary N) is 1. The summed E-state index contributed by atoms with van der Waals surface area (Å²) >= 11 is 5.93. The predicted molar refractivity (Wildman–Crippen MR) is 144 cm³/mol. The minimum atomic E-state index is -0.764. The lowest BCUT2D eigenvalue weighted by atomic mass is 10.0. The van der Waals surface area contributed by atoms with Crippen LogP contribution < -0.4 is 10.1 Å². The van der Waals surface area contributed by atoms with Crippen molar-refractivity contribution in [1.29, 1.82) is 0 Å². The molecule has 9 heteroatoms. The number of carbonyl (C=O) groups is 3. The second-order valence-corrected chi connectivity index (χ2v) is 10.1. The Hall–Kier alpha value is -3.69. The van der Waals surface area contributed by atoms with Crippen LogP contribution in [-0.2, 0) is 19.1 Å².